The van der Waals surface area contributed by atoms with Gasteiger partial charge in [0.05, 0.1) is 0 Å². The second kappa shape index (κ2) is 5.69. The number of halogens is 1. The maximum Gasteiger partial charge on any atom is 0.172 e. The first-order valence-electron chi connectivity index (χ1n) is 6.16. The van der Waals surface area contributed by atoms with Gasteiger partial charge in [-0.1, -0.05) is 60.7 Å². The van der Waals surface area contributed by atoms with E-state index in [1.165, 1.54) is 0 Å². The summed E-state index contributed by atoms with van der Waals surface area (Å²) >= 11 is 5.10. The number of benzene rings is 2. The average Bonchev–Trinajstić information content (AvgIpc) is 2.95. The molecule has 0 fully saturated rings. The predicted molar refractivity (Wildman–Crippen MR) is 91.4 cm³/mol. The van der Waals surface area contributed by atoms with Crippen molar-refractivity contribution in [2.45, 2.75) is 0 Å². The maximum absolute atomic E-state index is 13.9. The minimum Gasteiger partial charge on any atom is -0.309 e. The number of thiophene rings is 1. The Balaban J connectivity index is 2.30. The number of rotatable bonds is 3. The molecule has 4 heteroatoms. The van der Waals surface area contributed by atoms with Crippen LogP contribution in [0.25, 0.3) is 0 Å². The lowest BCUT2D eigenvalue weighted by Crippen LogP contribution is -2.24. The second-order valence-electron chi connectivity index (χ2n) is 4.39. The van der Waals surface area contributed by atoms with Gasteiger partial charge in [-0.3, -0.25) is 0 Å². The van der Waals surface area contributed by atoms with E-state index in [0.717, 1.165) is 20.4 Å². The molecule has 0 aliphatic heterocycles. The van der Waals surface area contributed by atoms with Crippen molar-refractivity contribution in [2.75, 3.05) is 0 Å². The molecule has 20 heavy (non-hydrogen) atoms. The first-order chi connectivity index (χ1) is 9.73. The van der Waals surface area contributed by atoms with Crippen LogP contribution >= 0.6 is 34.4 Å². The van der Waals surface area contributed by atoms with Gasteiger partial charge in [-0.25, -0.2) is 0 Å². The summed E-state index contributed by atoms with van der Waals surface area (Å²) in [6.45, 7) is 0. The largest absolute Gasteiger partial charge is 0.309 e. The highest BCUT2D eigenvalue weighted by Crippen LogP contribution is 2.45. The molecule has 0 atom stereocenters. The quantitative estimate of drug-likeness (QED) is 0.639. The van der Waals surface area contributed by atoms with Crippen molar-refractivity contribution in [3.63, 3.8) is 0 Å². The summed E-state index contributed by atoms with van der Waals surface area (Å²) in [5, 5.41) is 6.56. The monoisotopic (exact) mass is 362 g/mol. The first-order valence-corrected chi connectivity index (χ1v) is 9.61. The Hall–Kier alpha value is -1.15. The lowest BCUT2D eigenvalue weighted by molar-refractivity contribution is 0.592. The van der Waals surface area contributed by atoms with Crippen LogP contribution in [0.3, 0.4) is 0 Å². The number of hydrogen-bond acceptors (Lipinski definition) is 2. The highest BCUT2D eigenvalue weighted by atomic mass is 79.9. The fraction of sp³-hybridized carbons (Fsp3) is 0. The SMILES string of the molecule is O=P(c1ccccc1)(c1ccccc1)c1cscc1Br. The normalized spacial score (nSPS) is 11.4. The van der Waals surface area contributed by atoms with E-state index in [-0.39, 0.29) is 0 Å². The van der Waals surface area contributed by atoms with Gasteiger partial charge >= 0.3 is 0 Å². The van der Waals surface area contributed by atoms with Crippen LogP contribution in [0, 0.1) is 0 Å². The molecule has 0 saturated heterocycles. The van der Waals surface area contributed by atoms with Crippen LogP contribution in [0.15, 0.2) is 75.9 Å². The molecule has 1 heterocycles. The van der Waals surface area contributed by atoms with Crippen molar-refractivity contribution in [1.29, 1.82) is 0 Å². The van der Waals surface area contributed by atoms with Gasteiger partial charge < -0.3 is 4.57 Å². The van der Waals surface area contributed by atoms with Crippen molar-refractivity contribution >= 4 is 50.3 Å². The summed E-state index contributed by atoms with van der Waals surface area (Å²) in [4.78, 5) is 0. The van der Waals surface area contributed by atoms with Crippen molar-refractivity contribution in [2.24, 2.45) is 0 Å². The van der Waals surface area contributed by atoms with Gasteiger partial charge in [0.1, 0.15) is 0 Å². The van der Waals surface area contributed by atoms with Gasteiger partial charge in [0, 0.05) is 31.1 Å². The standard InChI is InChI=1S/C16H12BrOPS/c17-15-11-20-12-16(15)19(18,13-7-3-1-4-8-13)14-9-5-2-6-10-14/h1-12H. The zero-order chi connectivity index (χ0) is 14.0. The Labute approximate surface area is 130 Å². The second-order valence-corrected chi connectivity index (χ2v) is 8.72. The lowest BCUT2D eigenvalue weighted by atomic mass is 10.4. The van der Waals surface area contributed by atoms with E-state index >= 15 is 0 Å². The Morgan fingerprint density at radius 1 is 0.800 bits per heavy atom. The van der Waals surface area contributed by atoms with Crippen molar-refractivity contribution in [3.05, 3.63) is 75.9 Å². The van der Waals surface area contributed by atoms with Crippen LogP contribution in [-0.2, 0) is 4.57 Å². The molecule has 0 unspecified atom stereocenters. The van der Waals surface area contributed by atoms with Crippen LogP contribution in [0.2, 0.25) is 0 Å². The van der Waals surface area contributed by atoms with Crippen LogP contribution in [0.5, 0.6) is 0 Å². The van der Waals surface area contributed by atoms with Crippen molar-refractivity contribution in [1.82, 2.24) is 0 Å². The molecule has 100 valence electrons. The summed E-state index contributed by atoms with van der Waals surface area (Å²) in [5.74, 6) is 0. The molecule has 3 rings (SSSR count). The molecule has 0 spiro atoms. The van der Waals surface area contributed by atoms with Crippen LogP contribution < -0.4 is 15.9 Å². The Morgan fingerprint density at radius 2 is 1.30 bits per heavy atom. The van der Waals surface area contributed by atoms with Gasteiger partial charge in [-0.15, -0.1) is 0 Å². The summed E-state index contributed by atoms with van der Waals surface area (Å²) in [5.41, 5.74) is 0. The van der Waals surface area contributed by atoms with Crippen molar-refractivity contribution < 1.29 is 4.57 Å². The number of hydrogen-bond donors (Lipinski definition) is 0. The highest BCUT2D eigenvalue weighted by Gasteiger charge is 2.31. The summed E-state index contributed by atoms with van der Waals surface area (Å²) in [6, 6.07) is 19.4. The van der Waals surface area contributed by atoms with Crippen molar-refractivity contribution in [3.8, 4) is 0 Å². The van der Waals surface area contributed by atoms with E-state index in [2.05, 4.69) is 15.9 Å². The van der Waals surface area contributed by atoms with Gasteiger partial charge in [-0.05, 0) is 15.9 Å². The molecule has 0 aliphatic carbocycles. The Morgan fingerprint density at radius 3 is 1.70 bits per heavy atom. The maximum atomic E-state index is 13.9. The molecule has 0 N–H and O–H groups in total. The summed E-state index contributed by atoms with van der Waals surface area (Å²) in [7, 11) is -2.80. The molecule has 0 radical (unpaired) electrons. The topological polar surface area (TPSA) is 17.1 Å². The molecular formula is C16H12BrOPS. The minimum absolute atomic E-state index is 0.866. The molecule has 0 amide bonds. The Bertz CT molecular complexity index is 709. The third-order valence-electron chi connectivity index (χ3n) is 3.17. The van der Waals surface area contributed by atoms with E-state index in [9.17, 15) is 4.57 Å². The van der Waals surface area contributed by atoms with E-state index in [0.29, 0.717) is 0 Å². The summed E-state index contributed by atoms with van der Waals surface area (Å²) in [6.07, 6.45) is 0. The predicted octanol–water partition coefficient (Wildman–Crippen LogP) is 4.15. The third-order valence-corrected chi connectivity index (χ3v) is 8.46. The zero-order valence-corrected chi connectivity index (χ0v) is 13.9. The van der Waals surface area contributed by atoms with Gasteiger partial charge in [0.2, 0.25) is 0 Å². The zero-order valence-electron chi connectivity index (χ0n) is 10.6. The fourth-order valence-electron chi connectivity index (χ4n) is 2.20. The fourth-order valence-corrected chi connectivity index (χ4v) is 7.38. The molecule has 0 saturated carbocycles. The van der Waals surface area contributed by atoms with Crippen LogP contribution in [-0.4, -0.2) is 0 Å². The van der Waals surface area contributed by atoms with Crippen LogP contribution in [0.4, 0.5) is 0 Å². The van der Waals surface area contributed by atoms with E-state index in [4.69, 9.17) is 0 Å². The van der Waals surface area contributed by atoms with E-state index in [1.54, 1.807) is 11.3 Å². The molecule has 0 aliphatic rings. The van der Waals surface area contributed by atoms with Gasteiger partial charge in [0.15, 0.2) is 7.14 Å². The molecule has 1 aromatic heterocycles. The van der Waals surface area contributed by atoms with E-state index < -0.39 is 7.14 Å². The molecule has 0 bridgehead atoms. The summed E-state index contributed by atoms with van der Waals surface area (Å²) < 4.78 is 14.8. The Kier molecular flexibility index (Phi) is 3.93. The third kappa shape index (κ3) is 2.31. The smallest absolute Gasteiger partial charge is 0.172 e. The lowest BCUT2D eigenvalue weighted by Gasteiger charge is -2.19. The first kappa shape index (κ1) is 13.8. The minimum atomic E-state index is -2.80. The van der Waals surface area contributed by atoms with Gasteiger partial charge in [0.25, 0.3) is 0 Å². The molecule has 3 aromatic rings. The molecule has 1 nitrogen and oxygen atoms in total. The van der Waals surface area contributed by atoms with Gasteiger partial charge in [-0.2, -0.15) is 11.3 Å². The molecular weight excluding hydrogens is 351 g/mol. The van der Waals surface area contributed by atoms with Crippen LogP contribution in [0.1, 0.15) is 0 Å². The highest BCUT2D eigenvalue weighted by molar-refractivity contribution is 9.10. The molecule has 2 aromatic carbocycles. The average molecular weight is 363 g/mol. The van der Waals surface area contributed by atoms with E-state index in [1.807, 2.05) is 71.4 Å².